The summed E-state index contributed by atoms with van der Waals surface area (Å²) in [5, 5.41) is 40.8. The molecular weight excluding hydrogens is 672 g/mol. The molecular formula is C44H80O9. The highest BCUT2D eigenvalue weighted by atomic mass is 16.6. The molecule has 9 heteroatoms. The van der Waals surface area contributed by atoms with Gasteiger partial charge < -0.3 is 34.6 Å². The van der Waals surface area contributed by atoms with Crippen LogP contribution in [0.4, 0.5) is 0 Å². The number of hydrogen-bond donors (Lipinski definition) is 4. The zero-order valence-corrected chi connectivity index (χ0v) is 33.8. The molecule has 0 amide bonds. The highest BCUT2D eigenvalue weighted by Crippen LogP contribution is 2.29. The maximum Gasteiger partial charge on any atom is 0.305 e. The van der Waals surface area contributed by atoms with Crippen molar-refractivity contribution in [3.05, 3.63) is 24.3 Å². The van der Waals surface area contributed by atoms with Gasteiger partial charge in [0.05, 0.1) is 18.3 Å². The average Bonchev–Trinajstić information content (AvgIpc) is 3.13. The first-order chi connectivity index (χ1) is 25.8. The molecule has 0 spiro atoms. The van der Waals surface area contributed by atoms with Crippen molar-refractivity contribution in [2.75, 3.05) is 13.2 Å². The first kappa shape index (κ1) is 49.2. The normalized spacial score (nSPS) is 20.3. The van der Waals surface area contributed by atoms with Gasteiger partial charge >= 0.3 is 11.9 Å². The van der Waals surface area contributed by atoms with Gasteiger partial charge in [0.25, 0.3) is 0 Å². The number of allylic oxidation sites excluding steroid dienone is 2. The number of esters is 2. The Kier molecular flexibility index (Phi) is 32.2. The lowest BCUT2D eigenvalue weighted by atomic mass is 9.87. The molecule has 0 radical (unpaired) electrons. The van der Waals surface area contributed by atoms with Crippen molar-refractivity contribution in [3.8, 4) is 0 Å². The minimum atomic E-state index is -1.05. The second-order valence-electron chi connectivity index (χ2n) is 15.3. The molecule has 0 aromatic heterocycles. The molecule has 6 atom stereocenters. The van der Waals surface area contributed by atoms with Crippen molar-refractivity contribution < 1.29 is 44.2 Å². The fourth-order valence-electron chi connectivity index (χ4n) is 6.83. The van der Waals surface area contributed by atoms with Crippen molar-refractivity contribution in [3.63, 3.8) is 0 Å². The second kappa shape index (κ2) is 34.7. The minimum Gasteiger partial charge on any atom is -0.463 e. The van der Waals surface area contributed by atoms with Crippen LogP contribution in [-0.2, 0) is 23.8 Å². The molecule has 9 nitrogen and oxygen atoms in total. The Hall–Kier alpha value is -1.78. The summed E-state index contributed by atoms with van der Waals surface area (Å²) in [6, 6.07) is 0. The quantitative estimate of drug-likeness (QED) is 0.0283. The van der Waals surface area contributed by atoms with Crippen LogP contribution in [0.1, 0.15) is 194 Å². The van der Waals surface area contributed by atoms with Crippen LogP contribution in [0.5, 0.6) is 0 Å². The summed E-state index contributed by atoms with van der Waals surface area (Å²) >= 11 is 0. The molecule has 1 rings (SSSR count). The summed E-state index contributed by atoms with van der Waals surface area (Å²) in [6.07, 6.45) is 32.9. The maximum absolute atomic E-state index is 12.1. The number of carbonyl (C=O) groups is 2. The van der Waals surface area contributed by atoms with E-state index < -0.39 is 36.7 Å². The van der Waals surface area contributed by atoms with Gasteiger partial charge in [-0.2, -0.15) is 0 Å². The van der Waals surface area contributed by atoms with Crippen LogP contribution >= 0.6 is 0 Å². The van der Waals surface area contributed by atoms with Crippen molar-refractivity contribution in [1.29, 1.82) is 0 Å². The Morgan fingerprint density at radius 3 is 1.66 bits per heavy atom. The van der Waals surface area contributed by atoms with Crippen LogP contribution in [-0.4, -0.2) is 76.3 Å². The molecule has 0 aromatic rings. The molecule has 0 aromatic carbocycles. The molecule has 1 unspecified atom stereocenters. The molecule has 0 saturated carbocycles. The Balaban J connectivity index is 2.02. The number of unbranched alkanes of at least 4 members (excludes halogenated alkanes) is 20. The molecule has 1 heterocycles. The van der Waals surface area contributed by atoms with E-state index in [9.17, 15) is 30.0 Å². The van der Waals surface area contributed by atoms with E-state index in [0.29, 0.717) is 32.1 Å². The van der Waals surface area contributed by atoms with Crippen LogP contribution in [0.15, 0.2) is 24.3 Å². The predicted molar refractivity (Wildman–Crippen MR) is 213 cm³/mol. The van der Waals surface area contributed by atoms with Crippen LogP contribution in [0, 0.1) is 5.92 Å². The molecule has 0 aliphatic carbocycles. The van der Waals surface area contributed by atoms with Crippen molar-refractivity contribution >= 4 is 11.9 Å². The smallest absolute Gasteiger partial charge is 0.305 e. The number of aliphatic hydroxyl groups is 4. The molecule has 1 aliphatic heterocycles. The minimum absolute atomic E-state index is 0.137. The summed E-state index contributed by atoms with van der Waals surface area (Å²) in [6.45, 7) is 3.99. The van der Waals surface area contributed by atoms with E-state index in [1.165, 1.54) is 96.3 Å². The van der Waals surface area contributed by atoms with Gasteiger partial charge in [-0.15, -0.1) is 0 Å². The number of ether oxygens (including phenoxy) is 3. The van der Waals surface area contributed by atoms with Gasteiger partial charge in [-0.25, -0.2) is 0 Å². The lowest BCUT2D eigenvalue weighted by Crippen LogP contribution is -2.43. The van der Waals surface area contributed by atoms with Gasteiger partial charge in [-0.05, 0) is 32.1 Å². The van der Waals surface area contributed by atoms with Crippen LogP contribution in [0.2, 0.25) is 0 Å². The van der Waals surface area contributed by atoms with Crippen LogP contribution in [0.3, 0.4) is 0 Å². The molecule has 4 N–H and O–H groups in total. The third kappa shape index (κ3) is 29.2. The van der Waals surface area contributed by atoms with E-state index in [0.717, 1.165) is 38.5 Å². The Morgan fingerprint density at radius 2 is 1.13 bits per heavy atom. The van der Waals surface area contributed by atoms with E-state index in [4.69, 9.17) is 14.2 Å². The van der Waals surface area contributed by atoms with E-state index in [-0.39, 0.29) is 37.9 Å². The van der Waals surface area contributed by atoms with Gasteiger partial charge in [0.15, 0.2) is 6.29 Å². The molecule has 1 fully saturated rings. The number of hydrogen-bond acceptors (Lipinski definition) is 9. The molecule has 1 saturated heterocycles. The second-order valence-corrected chi connectivity index (χ2v) is 15.3. The largest absolute Gasteiger partial charge is 0.463 e. The zero-order valence-electron chi connectivity index (χ0n) is 33.8. The van der Waals surface area contributed by atoms with Gasteiger partial charge in [0.2, 0.25) is 0 Å². The van der Waals surface area contributed by atoms with E-state index >= 15 is 0 Å². The summed E-state index contributed by atoms with van der Waals surface area (Å²) in [5.41, 5.74) is 0. The SMILES string of the molecule is CCCCCCCCCCCCCCCCCCCCC(=O)OC[C@H](O)COC(=O)CCC/C=C\C[C@H]1[C@@H](O)CC(O)O[C@@H]1/C=C/[C@@H](O)CCCCC. The predicted octanol–water partition coefficient (Wildman–Crippen LogP) is 9.56. The van der Waals surface area contributed by atoms with Crippen molar-refractivity contribution in [2.45, 2.75) is 224 Å². The highest BCUT2D eigenvalue weighted by molar-refractivity contribution is 5.69. The topological polar surface area (TPSA) is 143 Å². The fraction of sp³-hybridized carbons (Fsp3) is 0.864. The lowest BCUT2D eigenvalue weighted by Gasteiger charge is -2.36. The molecule has 310 valence electrons. The Labute approximate surface area is 323 Å². The van der Waals surface area contributed by atoms with Gasteiger partial charge in [0, 0.05) is 25.2 Å². The van der Waals surface area contributed by atoms with Crippen LogP contribution in [0.25, 0.3) is 0 Å². The summed E-state index contributed by atoms with van der Waals surface area (Å²) in [4.78, 5) is 24.2. The van der Waals surface area contributed by atoms with Gasteiger partial charge in [-0.3, -0.25) is 9.59 Å². The first-order valence-electron chi connectivity index (χ1n) is 21.8. The van der Waals surface area contributed by atoms with Crippen molar-refractivity contribution in [1.82, 2.24) is 0 Å². The van der Waals surface area contributed by atoms with E-state index in [1.807, 2.05) is 12.2 Å². The fourth-order valence-corrected chi connectivity index (χ4v) is 6.83. The summed E-state index contributed by atoms with van der Waals surface area (Å²) in [5.74, 6) is -1.00. The third-order valence-electron chi connectivity index (χ3n) is 10.2. The van der Waals surface area contributed by atoms with Crippen LogP contribution < -0.4 is 0 Å². The van der Waals surface area contributed by atoms with E-state index in [2.05, 4.69) is 13.8 Å². The number of rotatable bonds is 35. The summed E-state index contributed by atoms with van der Waals surface area (Å²) < 4.78 is 16.0. The molecule has 0 bridgehead atoms. The first-order valence-corrected chi connectivity index (χ1v) is 21.8. The average molecular weight is 753 g/mol. The standard InChI is InChI=1S/C44H80O9/c1-3-5-7-8-9-10-11-12-13-14-15-16-17-18-19-20-21-26-30-42(48)51-35-38(46)36-52-43(49)31-27-23-22-25-29-39-40(47)34-44(50)53-41(39)33-32-37(45)28-24-6-4-2/h22,25,32-33,37-41,44-47,50H,3-21,23-24,26-31,34-36H2,1-2H3/b25-22-,33-32+/t37-,38-,39-,40-,41+,44?/m0/s1. The number of carbonyl (C=O) groups excluding carboxylic acids is 2. The lowest BCUT2D eigenvalue weighted by molar-refractivity contribution is -0.199. The Morgan fingerprint density at radius 1 is 0.660 bits per heavy atom. The zero-order chi connectivity index (χ0) is 38.8. The third-order valence-corrected chi connectivity index (χ3v) is 10.2. The summed E-state index contributed by atoms with van der Waals surface area (Å²) in [7, 11) is 0. The Bertz CT molecular complexity index is 923. The molecule has 53 heavy (non-hydrogen) atoms. The van der Waals surface area contributed by atoms with Gasteiger partial charge in [-0.1, -0.05) is 167 Å². The molecule has 1 aliphatic rings. The van der Waals surface area contributed by atoms with Crippen molar-refractivity contribution in [2.24, 2.45) is 5.92 Å². The van der Waals surface area contributed by atoms with Gasteiger partial charge in [0.1, 0.15) is 19.3 Å². The highest BCUT2D eigenvalue weighted by Gasteiger charge is 2.35. The van der Waals surface area contributed by atoms with E-state index in [1.54, 1.807) is 12.2 Å². The number of aliphatic hydroxyl groups excluding tert-OH is 4. The monoisotopic (exact) mass is 753 g/mol. The maximum atomic E-state index is 12.1.